The zero-order valence-electron chi connectivity index (χ0n) is 10.9. The number of carboxylic acids is 1. The van der Waals surface area contributed by atoms with Crippen molar-refractivity contribution in [2.75, 3.05) is 5.32 Å². The molecular weight excluding hydrogens is 242 g/mol. The highest BCUT2D eigenvalue weighted by Gasteiger charge is 2.20. The molecule has 2 rings (SSSR count). The van der Waals surface area contributed by atoms with Gasteiger partial charge in [-0.25, -0.2) is 0 Å². The van der Waals surface area contributed by atoms with Gasteiger partial charge in [-0.2, -0.15) is 0 Å². The van der Waals surface area contributed by atoms with Gasteiger partial charge < -0.3 is 10.4 Å². The van der Waals surface area contributed by atoms with Gasteiger partial charge in [0, 0.05) is 18.5 Å². The predicted molar refractivity (Wildman–Crippen MR) is 73.0 cm³/mol. The number of carbonyl (C=O) groups excluding carboxylic acids is 1. The van der Waals surface area contributed by atoms with Crippen molar-refractivity contribution in [1.82, 2.24) is 0 Å². The average molecular weight is 261 g/mol. The molecule has 1 aromatic rings. The van der Waals surface area contributed by atoms with Crippen molar-refractivity contribution < 1.29 is 14.7 Å². The molecule has 1 amide bonds. The van der Waals surface area contributed by atoms with Crippen molar-refractivity contribution >= 4 is 17.6 Å². The van der Waals surface area contributed by atoms with Crippen LogP contribution in [0.3, 0.4) is 0 Å². The van der Waals surface area contributed by atoms with Gasteiger partial charge in [0.2, 0.25) is 5.91 Å². The Labute approximate surface area is 112 Å². The van der Waals surface area contributed by atoms with Gasteiger partial charge in [0.05, 0.1) is 0 Å². The van der Waals surface area contributed by atoms with Gasteiger partial charge in [-0.05, 0) is 42.9 Å². The molecule has 0 heterocycles. The van der Waals surface area contributed by atoms with E-state index in [1.54, 1.807) is 0 Å². The number of hydrogen-bond acceptors (Lipinski definition) is 2. The van der Waals surface area contributed by atoms with Crippen LogP contribution in [0.1, 0.15) is 37.7 Å². The second-order valence-electron chi connectivity index (χ2n) is 5.14. The van der Waals surface area contributed by atoms with Crippen molar-refractivity contribution in [3.05, 3.63) is 29.8 Å². The Morgan fingerprint density at radius 3 is 2.74 bits per heavy atom. The molecule has 1 aliphatic rings. The summed E-state index contributed by atoms with van der Waals surface area (Å²) in [4.78, 5) is 22.3. The number of nitrogens with one attached hydrogen (secondary N) is 1. The number of benzene rings is 1. The van der Waals surface area contributed by atoms with Crippen LogP contribution >= 0.6 is 0 Å². The number of carbonyl (C=O) groups is 2. The highest BCUT2D eigenvalue weighted by atomic mass is 16.4. The van der Waals surface area contributed by atoms with Gasteiger partial charge >= 0.3 is 5.97 Å². The summed E-state index contributed by atoms with van der Waals surface area (Å²) in [7, 11) is 0. The minimum atomic E-state index is -0.806. The first-order chi connectivity index (χ1) is 9.13. The molecule has 0 unspecified atom stereocenters. The second-order valence-corrected chi connectivity index (χ2v) is 5.14. The molecule has 2 N–H and O–H groups in total. The molecule has 0 atom stereocenters. The van der Waals surface area contributed by atoms with Crippen molar-refractivity contribution in [3.63, 3.8) is 0 Å². The van der Waals surface area contributed by atoms with Crippen LogP contribution in [-0.2, 0) is 16.0 Å². The van der Waals surface area contributed by atoms with Crippen LogP contribution in [0.5, 0.6) is 0 Å². The third kappa shape index (κ3) is 4.39. The van der Waals surface area contributed by atoms with E-state index in [0.717, 1.165) is 24.1 Å². The topological polar surface area (TPSA) is 66.4 Å². The van der Waals surface area contributed by atoms with Crippen LogP contribution in [-0.4, -0.2) is 17.0 Å². The Morgan fingerprint density at radius 1 is 1.32 bits per heavy atom. The summed E-state index contributed by atoms with van der Waals surface area (Å²) in [6.45, 7) is 0. The summed E-state index contributed by atoms with van der Waals surface area (Å²) in [5.74, 6) is -0.199. The maximum Gasteiger partial charge on any atom is 0.303 e. The number of aryl methyl sites for hydroxylation is 1. The van der Waals surface area contributed by atoms with Crippen molar-refractivity contribution in [1.29, 1.82) is 0 Å². The quantitative estimate of drug-likeness (QED) is 0.827. The molecule has 4 nitrogen and oxygen atoms in total. The number of hydrogen-bond donors (Lipinski definition) is 2. The van der Waals surface area contributed by atoms with Gasteiger partial charge in [-0.1, -0.05) is 18.6 Å². The average Bonchev–Trinajstić information content (AvgIpc) is 2.32. The summed E-state index contributed by atoms with van der Waals surface area (Å²) in [6, 6.07) is 7.41. The number of anilines is 1. The van der Waals surface area contributed by atoms with E-state index in [2.05, 4.69) is 5.32 Å². The second kappa shape index (κ2) is 6.36. The summed E-state index contributed by atoms with van der Waals surface area (Å²) < 4.78 is 0. The molecule has 0 radical (unpaired) electrons. The molecule has 4 heteroatoms. The monoisotopic (exact) mass is 261 g/mol. The van der Waals surface area contributed by atoms with Crippen molar-refractivity contribution in [3.8, 4) is 0 Å². The highest BCUT2D eigenvalue weighted by molar-refractivity contribution is 5.91. The standard InChI is InChI=1S/C15H19NO3/c17-14(10-11-3-1-4-11)16-13-6-2-5-12(9-13)7-8-15(18)19/h2,5-6,9,11H,1,3-4,7-8,10H2,(H,16,17)(H,18,19). The van der Waals surface area contributed by atoms with Crippen LogP contribution in [0.15, 0.2) is 24.3 Å². The number of rotatable bonds is 6. The largest absolute Gasteiger partial charge is 0.481 e. The first-order valence-electron chi connectivity index (χ1n) is 6.74. The van der Waals surface area contributed by atoms with E-state index in [1.165, 1.54) is 6.42 Å². The molecule has 1 aromatic carbocycles. The van der Waals surface area contributed by atoms with E-state index >= 15 is 0 Å². The maximum absolute atomic E-state index is 11.8. The van der Waals surface area contributed by atoms with Crippen LogP contribution in [0.25, 0.3) is 0 Å². The number of aliphatic carboxylic acids is 1. The van der Waals surface area contributed by atoms with Crippen LogP contribution < -0.4 is 5.32 Å². The van der Waals surface area contributed by atoms with E-state index in [-0.39, 0.29) is 12.3 Å². The lowest BCUT2D eigenvalue weighted by molar-refractivity contribution is -0.137. The Morgan fingerprint density at radius 2 is 2.11 bits per heavy atom. The van der Waals surface area contributed by atoms with Gasteiger partial charge in [-0.15, -0.1) is 0 Å². The van der Waals surface area contributed by atoms with E-state index in [9.17, 15) is 9.59 Å². The molecule has 102 valence electrons. The summed E-state index contributed by atoms with van der Waals surface area (Å²) in [5.41, 5.74) is 1.69. The SMILES string of the molecule is O=C(O)CCc1cccc(NC(=O)CC2CCC2)c1. The molecular formula is C15H19NO3. The first-order valence-corrected chi connectivity index (χ1v) is 6.74. The zero-order valence-corrected chi connectivity index (χ0v) is 10.9. The smallest absolute Gasteiger partial charge is 0.303 e. The molecule has 0 aromatic heterocycles. The fourth-order valence-electron chi connectivity index (χ4n) is 2.23. The van der Waals surface area contributed by atoms with Crippen LogP contribution in [0.4, 0.5) is 5.69 Å². The Balaban J connectivity index is 1.86. The number of amides is 1. The van der Waals surface area contributed by atoms with Crippen LogP contribution in [0.2, 0.25) is 0 Å². The third-order valence-electron chi connectivity index (χ3n) is 3.54. The van der Waals surface area contributed by atoms with Crippen LogP contribution in [0, 0.1) is 5.92 Å². The molecule has 0 spiro atoms. The first kappa shape index (κ1) is 13.6. The van der Waals surface area contributed by atoms with E-state index in [0.29, 0.717) is 18.8 Å². The predicted octanol–water partition coefficient (Wildman–Crippen LogP) is 2.83. The lowest BCUT2D eigenvalue weighted by atomic mass is 9.83. The lowest BCUT2D eigenvalue weighted by Crippen LogP contribution is -2.20. The van der Waals surface area contributed by atoms with E-state index in [1.807, 2.05) is 24.3 Å². The molecule has 0 saturated heterocycles. The molecule has 1 fully saturated rings. The van der Waals surface area contributed by atoms with Crippen molar-refractivity contribution in [2.45, 2.75) is 38.5 Å². The Bertz CT molecular complexity index is 466. The summed E-state index contributed by atoms with van der Waals surface area (Å²) in [6.07, 6.45) is 4.75. The highest BCUT2D eigenvalue weighted by Crippen LogP contribution is 2.29. The molecule has 0 aliphatic heterocycles. The molecule has 19 heavy (non-hydrogen) atoms. The maximum atomic E-state index is 11.8. The fraction of sp³-hybridized carbons (Fsp3) is 0.467. The molecule has 1 saturated carbocycles. The van der Waals surface area contributed by atoms with Gasteiger partial charge in [-0.3, -0.25) is 9.59 Å². The minimum Gasteiger partial charge on any atom is -0.481 e. The normalized spacial score (nSPS) is 14.7. The van der Waals surface area contributed by atoms with Gasteiger partial charge in [0.1, 0.15) is 0 Å². The van der Waals surface area contributed by atoms with Crippen molar-refractivity contribution in [2.24, 2.45) is 5.92 Å². The molecule has 0 bridgehead atoms. The fourth-order valence-corrected chi connectivity index (χ4v) is 2.23. The lowest BCUT2D eigenvalue weighted by Gasteiger charge is -2.24. The third-order valence-corrected chi connectivity index (χ3v) is 3.54. The summed E-state index contributed by atoms with van der Waals surface area (Å²) >= 11 is 0. The van der Waals surface area contributed by atoms with Gasteiger partial charge in [0.15, 0.2) is 0 Å². The summed E-state index contributed by atoms with van der Waals surface area (Å²) in [5, 5.41) is 11.5. The Hall–Kier alpha value is -1.84. The number of carboxylic acid groups (broad SMARTS) is 1. The van der Waals surface area contributed by atoms with E-state index < -0.39 is 5.97 Å². The Kier molecular flexibility index (Phi) is 4.55. The molecule has 1 aliphatic carbocycles. The minimum absolute atomic E-state index is 0.0556. The van der Waals surface area contributed by atoms with Gasteiger partial charge in [0.25, 0.3) is 0 Å². The van der Waals surface area contributed by atoms with E-state index in [4.69, 9.17) is 5.11 Å². The zero-order chi connectivity index (χ0) is 13.7.